The number of aryl methyl sites for hydroxylation is 1. The maximum absolute atomic E-state index is 13.2. The number of aromatic nitrogens is 1. The van der Waals surface area contributed by atoms with E-state index < -0.39 is 29.5 Å². The summed E-state index contributed by atoms with van der Waals surface area (Å²) in [7, 11) is 0. The van der Waals surface area contributed by atoms with Gasteiger partial charge >= 0.3 is 5.97 Å². The number of thiazole rings is 1. The molecule has 2 aliphatic heterocycles. The molecule has 196 valence electrons. The highest BCUT2D eigenvalue weighted by Crippen LogP contribution is 2.45. The molecule has 8 heteroatoms. The van der Waals surface area contributed by atoms with Gasteiger partial charge in [-0.25, -0.2) is 4.98 Å². The van der Waals surface area contributed by atoms with Crippen LogP contribution in [0.2, 0.25) is 0 Å². The fourth-order valence-corrected chi connectivity index (χ4v) is 5.91. The summed E-state index contributed by atoms with van der Waals surface area (Å²) in [6, 6.07) is 0. The first kappa shape index (κ1) is 27.9. The number of epoxide rings is 1. The Labute approximate surface area is 213 Å². The zero-order valence-corrected chi connectivity index (χ0v) is 22.9. The summed E-state index contributed by atoms with van der Waals surface area (Å²) >= 11 is 1.40. The third-order valence-electron chi connectivity index (χ3n) is 8.01. The van der Waals surface area contributed by atoms with E-state index in [1.54, 1.807) is 26.2 Å². The van der Waals surface area contributed by atoms with Crippen LogP contribution in [0.4, 0.5) is 0 Å². The average Bonchev–Trinajstić information content (AvgIpc) is 3.19. The van der Waals surface area contributed by atoms with Gasteiger partial charge in [0.25, 0.3) is 0 Å². The van der Waals surface area contributed by atoms with Gasteiger partial charge in [-0.1, -0.05) is 47.5 Å². The standard InChI is InChI=1S/C27H41NO6S/c1-15-9-8-10-27(7)22(34-27)12-20(17(3)24(31)19-14-35-18(4)28-19)33-23(30)13-21(29)26(5,6)25(32)16(2)11-15/h14-17,20-22,29H,8-13H2,1-7H3/t15-,16+,17?,20-,21-,22-,27+/m0/s1. The molecular formula is C27H41NO6S. The van der Waals surface area contributed by atoms with Crippen LogP contribution >= 0.6 is 11.3 Å². The number of nitrogens with zero attached hydrogens (tertiary/aromatic N) is 1. The number of esters is 1. The number of hydrogen-bond donors (Lipinski definition) is 1. The minimum absolute atomic E-state index is 0.0479. The predicted octanol–water partition coefficient (Wildman–Crippen LogP) is 4.92. The first-order chi connectivity index (χ1) is 16.2. The Bertz CT molecular complexity index is 942. The van der Waals surface area contributed by atoms with Gasteiger partial charge in [0.2, 0.25) is 0 Å². The highest BCUT2D eigenvalue weighted by atomic mass is 32.1. The van der Waals surface area contributed by atoms with Gasteiger partial charge in [-0.3, -0.25) is 14.4 Å². The van der Waals surface area contributed by atoms with Gasteiger partial charge in [0.15, 0.2) is 5.78 Å². The van der Waals surface area contributed by atoms with Crippen LogP contribution < -0.4 is 0 Å². The number of carbonyl (C=O) groups excluding carboxylic acids is 3. The van der Waals surface area contributed by atoms with E-state index in [1.165, 1.54) is 11.3 Å². The maximum atomic E-state index is 13.2. The molecule has 2 aliphatic rings. The second-order valence-corrected chi connectivity index (χ2v) is 12.6. The molecular weight excluding hydrogens is 466 g/mol. The molecule has 7 nitrogen and oxygen atoms in total. The minimum Gasteiger partial charge on any atom is -0.461 e. The third-order valence-corrected chi connectivity index (χ3v) is 8.78. The number of aliphatic hydroxyl groups excluding tert-OH is 1. The van der Waals surface area contributed by atoms with Gasteiger partial charge in [0, 0.05) is 17.7 Å². The molecule has 35 heavy (non-hydrogen) atoms. The Balaban J connectivity index is 1.83. The molecule has 0 spiro atoms. The second-order valence-electron chi connectivity index (χ2n) is 11.5. The molecule has 0 amide bonds. The van der Waals surface area contributed by atoms with E-state index in [4.69, 9.17) is 9.47 Å². The van der Waals surface area contributed by atoms with Crippen LogP contribution in [0.3, 0.4) is 0 Å². The van der Waals surface area contributed by atoms with E-state index in [2.05, 4.69) is 18.8 Å². The topological polar surface area (TPSA) is 106 Å². The second kappa shape index (κ2) is 10.8. The molecule has 1 unspecified atom stereocenters. The third kappa shape index (κ3) is 6.57. The maximum Gasteiger partial charge on any atom is 0.308 e. The zero-order valence-electron chi connectivity index (χ0n) is 22.1. The quantitative estimate of drug-likeness (QED) is 0.351. The van der Waals surface area contributed by atoms with Gasteiger partial charge in [-0.15, -0.1) is 11.3 Å². The van der Waals surface area contributed by atoms with Crippen LogP contribution in [0.25, 0.3) is 0 Å². The Morgan fingerprint density at radius 2 is 1.91 bits per heavy atom. The lowest BCUT2D eigenvalue weighted by Crippen LogP contribution is -2.42. The summed E-state index contributed by atoms with van der Waals surface area (Å²) in [6.45, 7) is 13.1. The predicted molar refractivity (Wildman–Crippen MR) is 134 cm³/mol. The lowest BCUT2D eigenvalue weighted by Gasteiger charge is -2.32. The number of ketones is 2. The van der Waals surface area contributed by atoms with Crippen LogP contribution in [-0.4, -0.2) is 51.5 Å². The molecule has 7 atom stereocenters. The van der Waals surface area contributed by atoms with Crippen molar-refractivity contribution in [3.05, 3.63) is 16.1 Å². The molecule has 1 N–H and O–H groups in total. The van der Waals surface area contributed by atoms with Gasteiger partial charge in [-0.2, -0.15) is 0 Å². The van der Waals surface area contributed by atoms with E-state index in [9.17, 15) is 19.5 Å². The van der Waals surface area contributed by atoms with Crippen LogP contribution in [-0.2, 0) is 19.1 Å². The van der Waals surface area contributed by atoms with Crippen molar-refractivity contribution in [3.63, 3.8) is 0 Å². The summed E-state index contributed by atoms with van der Waals surface area (Å²) in [5.41, 5.74) is -1.01. The zero-order chi connectivity index (χ0) is 26.1. The van der Waals surface area contributed by atoms with Crippen molar-refractivity contribution in [3.8, 4) is 0 Å². The van der Waals surface area contributed by atoms with Crippen molar-refractivity contribution >= 4 is 28.9 Å². The number of aliphatic hydroxyl groups is 1. The van der Waals surface area contributed by atoms with E-state index in [-0.39, 0.29) is 35.6 Å². The van der Waals surface area contributed by atoms with Crippen LogP contribution in [0.5, 0.6) is 0 Å². The Morgan fingerprint density at radius 1 is 1.23 bits per heavy atom. The summed E-state index contributed by atoms with van der Waals surface area (Å²) in [4.78, 5) is 43.5. The molecule has 2 saturated heterocycles. The van der Waals surface area contributed by atoms with Gasteiger partial charge in [0.1, 0.15) is 17.6 Å². The Kier molecular flexibility index (Phi) is 8.60. The molecule has 3 heterocycles. The largest absolute Gasteiger partial charge is 0.461 e. The molecule has 0 aromatic carbocycles. The van der Waals surface area contributed by atoms with E-state index in [0.29, 0.717) is 18.0 Å². The van der Waals surface area contributed by atoms with Crippen molar-refractivity contribution < 1.29 is 29.0 Å². The van der Waals surface area contributed by atoms with Crippen LogP contribution in [0.1, 0.15) is 95.6 Å². The summed E-state index contributed by atoms with van der Waals surface area (Å²) in [5, 5.41) is 13.4. The van der Waals surface area contributed by atoms with Crippen LogP contribution in [0.15, 0.2) is 5.38 Å². The van der Waals surface area contributed by atoms with Crippen molar-refractivity contribution in [2.24, 2.45) is 23.2 Å². The number of cyclic esters (lactones) is 1. The van der Waals surface area contributed by atoms with Crippen molar-refractivity contribution in [2.75, 3.05) is 0 Å². The molecule has 1 aromatic rings. The number of carbonyl (C=O) groups is 3. The number of rotatable bonds is 3. The molecule has 0 bridgehead atoms. The molecule has 0 radical (unpaired) electrons. The summed E-state index contributed by atoms with van der Waals surface area (Å²) in [6.07, 6.45) is 1.70. The van der Waals surface area contributed by atoms with Gasteiger partial charge in [0.05, 0.1) is 40.6 Å². The summed E-state index contributed by atoms with van der Waals surface area (Å²) < 4.78 is 11.9. The fraction of sp³-hybridized carbons (Fsp3) is 0.778. The average molecular weight is 508 g/mol. The van der Waals surface area contributed by atoms with Gasteiger partial charge < -0.3 is 14.6 Å². The number of fused-ring (bicyclic) bond motifs is 1. The first-order valence-corrected chi connectivity index (χ1v) is 13.7. The smallest absolute Gasteiger partial charge is 0.308 e. The Hall–Kier alpha value is -1.64. The lowest BCUT2D eigenvalue weighted by molar-refractivity contribution is -0.156. The number of Topliss-reactive ketones (excluding diaryl/α,β-unsaturated/α-hetero) is 2. The monoisotopic (exact) mass is 507 g/mol. The SMILES string of the molecule is Cc1nc(C(=O)C(C)[C@@H]2C[C@@H]3O[C@]3(C)CCC[C@H](C)C[C@@H](C)C(=O)C(C)(C)[C@@H](O)CC(=O)O2)cs1. The molecule has 0 saturated carbocycles. The van der Waals surface area contributed by atoms with Crippen molar-refractivity contribution in [1.82, 2.24) is 4.98 Å². The van der Waals surface area contributed by atoms with Gasteiger partial charge in [-0.05, 0) is 32.6 Å². The van der Waals surface area contributed by atoms with Crippen molar-refractivity contribution in [1.29, 1.82) is 0 Å². The molecule has 0 aliphatic carbocycles. The molecule has 3 rings (SSSR count). The van der Waals surface area contributed by atoms with E-state index >= 15 is 0 Å². The minimum atomic E-state index is -1.18. The molecule has 1 aromatic heterocycles. The van der Waals surface area contributed by atoms with Crippen LogP contribution in [0, 0.1) is 30.1 Å². The Morgan fingerprint density at radius 3 is 2.54 bits per heavy atom. The number of ether oxygens (including phenoxy) is 2. The highest BCUT2D eigenvalue weighted by molar-refractivity contribution is 7.09. The lowest BCUT2D eigenvalue weighted by atomic mass is 9.74. The van der Waals surface area contributed by atoms with E-state index in [0.717, 1.165) is 30.7 Å². The highest BCUT2D eigenvalue weighted by Gasteiger charge is 2.53. The molecule has 2 fully saturated rings. The fourth-order valence-electron chi connectivity index (χ4n) is 5.31. The first-order valence-electron chi connectivity index (χ1n) is 12.8. The number of hydrogen-bond acceptors (Lipinski definition) is 8. The normalized spacial score (nSPS) is 35.6. The van der Waals surface area contributed by atoms with E-state index in [1.807, 2.05) is 13.8 Å². The summed E-state index contributed by atoms with van der Waals surface area (Å²) in [5.74, 6) is -1.30. The van der Waals surface area contributed by atoms with Crippen molar-refractivity contribution in [2.45, 2.75) is 111 Å².